The molecule has 20 heavy (non-hydrogen) atoms. The number of thioether (sulfide) groups is 1. The number of carbonyl (C=O) groups is 2. The first-order valence-electron chi connectivity index (χ1n) is 6.31. The van der Waals surface area contributed by atoms with Gasteiger partial charge in [-0.15, -0.1) is 0 Å². The zero-order valence-corrected chi connectivity index (χ0v) is 13.1. The Labute approximate surface area is 124 Å². The molecule has 1 rings (SSSR count). The summed E-state index contributed by atoms with van der Waals surface area (Å²) in [5.41, 5.74) is 1.23. The van der Waals surface area contributed by atoms with E-state index in [1.165, 1.54) is 11.8 Å². The second-order valence-corrected chi connectivity index (χ2v) is 5.88. The maximum Gasteiger partial charge on any atom is 0.238 e. The third-order valence-electron chi connectivity index (χ3n) is 2.64. The molecule has 0 spiro atoms. The highest BCUT2D eigenvalue weighted by Gasteiger charge is 2.14. The molecule has 0 fully saturated rings. The van der Waals surface area contributed by atoms with Crippen molar-refractivity contribution in [1.29, 1.82) is 0 Å². The monoisotopic (exact) mass is 295 g/mol. The molecule has 2 amide bonds. The Morgan fingerprint density at radius 2 is 1.75 bits per heavy atom. The molecular formula is C14H21N3O2S. The molecule has 0 heterocycles. The van der Waals surface area contributed by atoms with Gasteiger partial charge in [-0.25, -0.2) is 0 Å². The lowest BCUT2D eigenvalue weighted by atomic mass is 10.2. The summed E-state index contributed by atoms with van der Waals surface area (Å²) in [5.74, 6) is -0.193. The van der Waals surface area contributed by atoms with Crippen molar-refractivity contribution in [3.63, 3.8) is 0 Å². The van der Waals surface area contributed by atoms with Gasteiger partial charge in [-0.2, -0.15) is 11.8 Å². The number of amides is 2. The molecule has 110 valence electrons. The summed E-state index contributed by atoms with van der Waals surface area (Å²) in [4.78, 5) is 25.5. The minimum atomic E-state index is -0.138. The lowest BCUT2D eigenvalue weighted by molar-refractivity contribution is -0.117. The van der Waals surface area contributed by atoms with Gasteiger partial charge in [0.05, 0.1) is 23.2 Å². The minimum absolute atomic E-state index is 0.0770. The lowest BCUT2D eigenvalue weighted by Gasteiger charge is -2.15. The quantitative estimate of drug-likeness (QED) is 0.841. The van der Waals surface area contributed by atoms with Crippen molar-refractivity contribution in [2.45, 2.75) is 12.2 Å². The third-order valence-corrected chi connectivity index (χ3v) is 3.56. The molecule has 0 aliphatic carbocycles. The van der Waals surface area contributed by atoms with Crippen LogP contribution in [0.4, 0.5) is 11.4 Å². The Bertz CT molecular complexity index is 477. The van der Waals surface area contributed by atoms with E-state index in [1.807, 2.05) is 39.4 Å². The van der Waals surface area contributed by atoms with Crippen LogP contribution in [0.3, 0.4) is 0 Å². The van der Waals surface area contributed by atoms with Crippen molar-refractivity contribution < 1.29 is 9.59 Å². The van der Waals surface area contributed by atoms with Crippen molar-refractivity contribution in [3.8, 4) is 0 Å². The van der Waals surface area contributed by atoms with Crippen molar-refractivity contribution in [1.82, 2.24) is 4.90 Å². The van der Waals surface area contributed by atoms with Gasteiger partial charge in [-0.3, -0.25) is 9.59 Å². The molecule has 0 aliphatic heterocycles. The van der Waals surface area contributed by atoms with Gasteiger partial charge < -0.3 is 15.5 Å². The van der Waals surface area contributed by atoms with Crippen molar-refractivity contribution in [3.05, 3.63) is 24.3 Å². The predicted molar refractivity (Wildman–Crippen MR) is 85.2 cm³/mol. The molecule has 1 aromatic carbocycles. The molecule has 6 heteroatoms. The molecular weight excluding hydrogens is 274 g/mol. The molecule has 0 aromatic heterocycles. The van der Waals surface area contributed by atoms with Crippen LogP contribution in [0.25, 0.3) is 0 Å². The molecule has 0 bridgehead atoms. The molecule has 5 nitrogen and oxygen atoms in total. The van der Waals surface area contributed by atoms with Crippen molar-refractivity contribution in [2.24, 2.45) is 0 Å². The molecule has 0 radical (unpaired) electrons. The van der Waals surface area contributed by atoms with Gasteiger partial charge >= 0.3 is 0 Å². The van der Waals surface area contributed by atoms with E-state index in [4.69, 9.17) is 0 Å². The van der Waals surface area contributed by atoms with Gasteiger partial charge in [0.15, 0.2) is 0 Å². The summed E-state index contributed by atoms with van der Waals surface area (Å²) in [6.45, 7) is 2.14. The van der Waals surface area contributed by atoms with Crippen LogP contribution in [-0.4, -0.2) is 48.9 Å². The van der Waals surface area contributed by atoms with Gasteiger partial charge in [0.2, 0.25) is 11.8 Å². The topological polar surface area (TPSA) is 61.4 Å². The summed E-state index contributed by atoms with van der Waals surface area (Å²) < 4.78 is 0. The maximum atomic E-state index is 11.9. The van der Waals surface area contributed by atoms with E-state index in [-0.39, 0.29) is 17.1 Å². The van der Waals surface area contributed by atoms with E-state index in [0.717, 1.165) is 0 Å². The standard InChI is InChI=1S/C14H21N3O2S/c1-10(20-4)14(19)16-12-8-6-5-7-11(12)15-13(18)9-17(2)3/h5-8,10H,9H2,1-4H3,(H,15,18)(H,16,19). The summed E-state index contributed by atoms with van der Waals surface area (Å²) in [6.07, 6.45) is 1.88. The van der Waals surface area contributed by atoms with E-state index < -0.39 is 0 Å². The van der Waals surface area contributed by atoms with Crippen LogP contribution >= 0.6 is 11.8 Å². The van der Waals surface area contributed by atoms with Crippen LogP contribution in [0.1, 0.15) is 6.92 Å². The summed E-state index contributed by atoms with van der Waals surface area (Å²) in [7, 11) is 3.65. The average molecular weight is 295 g/mol. The van der Waals surface area contributed by atoms with Gasteiger partial charge in [0.25, 0.3) is 0 Å². The number of hydrogen-bond donors (Lipinski definition) is 2. The van der Waals surface area contributed by atoms with Gasteiger partial charge in [-0.1, -0.05) is 12.1 Å². The third kappa shape index (κ3) is 5.22. The first-order chi connectivity index (χ1) is 9.43. The molecule has 0 saturated carbocycles. The highest BCUT2D eigenvalue weighted by atomic mass is 32.2. The lowest BCUT2D eigenvalue weighted by Crippen LogP contribution is -2.28. The summed E-state index contributed by atoms with van der Waals surface area (Å²) >= 11 is 1.47. The minimum Gasteiger partial charge on any atom is -0.323 e. The van der Waals surface area contributed by atoms with Crippen molar-refractivity contribution in [2.75, 3.05) is 37.5 Å². The molecule has 0 aliphatic rings. The number of benzene rings is 1. The van der Waals surface area contributed by atoms with Crippen LogP contribution in [0.15, 0.2) is 24.3 Å². The largest absolute Gasteiger partial charge is 0.323 e. The van der Waals surface area contributed by atoms with Gasteiger partial charge in [0, 0.05) is 0 Å². The Kier molecular flexibility index (Phi) is 6.54. The Balaban J connectivity index is 2.78. The Hall–Kier alpha value is -1.53. The van der Waals surface area contributed by atoms with E-state index in [1.54, 1.807) is 17.0 Å². The fraction of sp³-hybridized carbons (Fsp3) is 0.429. The number of nitrogens with zero attached hydrogens (tertiary/aromatic N) is 1. The molecule has 1 atom stereocenters. The highest BCUT2D eigenvalue weighted by Crippen LogP contribution is 2.22. The van der Waals surface area contributed by atoms with Gasteiger partial charge in [0.1, 0.15) is 0 Å². The maximum absolute atomic E-state index is 11.9. The Morgan fingerprint density at radius 1 is 1.20 bits per heavy atom. The van der Waals surface area contributed by atoms with Crippen LogP contribution in [-0.2, 0) is 9.59 Å². The first kappa shape index (κ1) is 16.5. The van der Waals surface area contributed by atoms with E-state index in [2.05, 4.69) is 10.6 Å². The number of likely N-dealkylation sites (N-methyl/N-ethyl adjacent to an activating group) is 1. The molecule has 2 N–H and O–H groups in total. The first-order valence-corrected chi connectivity index (χ1v) is 7.60. The smallest absolute Gasteiger partial charge is 0.238 e. The van der Waals surface area contributed by atoms with Gasteiger partial charge in [-0.05, 0) is 39.4 Å². The Morgan fingerprint density at radius 3 is 2.25 bits per heavy atom. The second kappa shape index (κ2) is 7.91. The number of anilines is 2. The number of para-hydroxylation sites is 2. The fourth-order valence-corrected chi connectivity index (χ4v) is 1.79. The van der Waals surface area contributed by atoms with E-state index in [9.17, 15) is 9.59 Å². The number of nitrogens with one attached hydrogen (secondary N) is 2. The SMILES string of the molecule is CSC(C)C(=O)Nc1ccccc1NC(=O)CN(C)C. The molecule has 1 unspecified atom stereocenters. The zero-order chi connectivity index (χ0) is 15.1. The van der Waals surface area contributed by atoms with E-state index in [0.29, 0.717) is 17.9 Å². The second-order valence-electron chi connectivity index (χ2n) is 4.70. The van der Waals surface area contributed by atoms with Crippen LogP contribution < -0.4 is 10.6 Å². The van der Waals surface area contributed by atoms with Crippen LogP contribution in [0.2, 0.25) is 0 Å². The highest BCUT2D eigenvalue weighted by molar-refractivity contribution is 7.99. The fourth-order valence-electron chi connectivity index (χ4n) is 1.52. The van der Waals surface area contributed by atoms with Crippen molar-refractivity contribution >= 4 is 35.0 Å². The number of hydrogen-bond acceptors (Lipinski definition) is 4. The predicted octanol–water partition coefficient (Wildman–Crippen LogP) is 1.88. The van der Waals surface area contributed by atoms with Crippen LogP contribution in [0.5, 0.6) is 0 Å². The molecule has 0 saturated heterocycles. The summed E-state index contributed by atoms with van der Waals surface area (Å²) in [6, 6.07) is 7.18. The summed E-state index contributed by atoms with van der Waals surface area (Å²) in [5, 5.41) is 5.50. The van der Waals surface area contributed by atoms with Crippen LogP contribution in [0, 0.1) is 0 Å². The normalized spacial score (nSPS) is 12.1. The average Bonchev–Trinajstić information content (AvgIpc) is 2.39. The zero-order valence-electron chi connectivity index (χ0n) is 12.3. The number of rotatable bonds is 6. The molecule has 1 aromatic rings. The number of carbonyl (C=O) groups excluding carboxylic acids is 2. The van der Waals surface area contributed by atoms with E-state index >= 15 is 0 Å².